The van der Waals surface area contributed by atoms with Crippen molar-refractivity contribution >= 4 is 11.9 Å². The molecule has 0 unspecified atom stereocenters. The Labute approximate surface area is 154 Å². The van der Waals surface area contributed by atoms with Gasteiger partial charge >= 0.3 is 0 Å². The van der Waals surface area contributed by atoms with Crippen LogP contribution < -0.4 is 5.32 Å². The van der Waals surface area contributed by atoms with Crippen LogP contribution >= 0.6 is 0 Å². The molecule has 1 saturated heterocycles. The Kier molecular flexibility index (Phi) is 6.51. The van der Waals surface area contributed by atoms with Gasteiger partial charge in [0.15, 0.2) is 0 Å². The lowest BCUT2D eigenvalue weighted by atomic mass is 10.2. The van der Waals surface area contributed by atoms with E-state index in [1.54, 1.807) is 19.4 Å². The van der Waals surface area contributed by atoms with Crippen LogP contribution in [0.3, 0.4) is 0 Å². The fourth-order valence-corrected chi connectivity index (χ4v) is 2.94. The van der Waals surface area contributed by atoms with Crippen molar-refractivity contribution in [2.75, 3.05) is 51.8 Å². The number of benzene rings is 1. The van der Waals surface area contributed by atoms with Crippen LogP contribution in [0.4, 0.5) is 5.95 Å². The first-order valence-electron chi connectivity index (χ1n) is 8.87. The smallest absolute Gasteiger partial charge is 0.272 e. The second kappa shape index (κ2) is 9.26. The molecule has 0 atom stereocenters. The summed E-state index contributed by atoms with van der Waals surface area (Å²) in [6, 6.07) is 12.1. The molecular formula is C19H25N5O2. The molecule has 1 N–H and O–H groups in total. The molecule has 1 amide bonds. The fourth-order valence-electron chi connectivity index (χ4n) is 2.94. The molecule has 138 valence electrons. The Morgan fingerprint density at radius 2 is 1.92 bits per heavy atom. The standard InChI is InChI=1S/C19H25N5O2/c1-26-14-9-21-19-20-8-7-17(22-19)18(25)24-12-10-23(11-13-24)15-16-5-3-2-4-6-16/h2-8H,9-15H2,1H3,(H,20,21,22). The van der Waals surface area contributed by atoms with Crippen LogP contribution in [0.2, 0.25) is 0 Å². The molecule has 0 aliphatic carbocycles. The summed E-state index contributed by atoms with van der Waals surface area (Å²) in [5.41, 5.74) is 1.73. The van der Waals surface area contributed by atoms with E-state index in [0.29, 0.717) is 37.9 Å². The summed E-state index contributed by atoms with van der Waals surface area (Å²) in [5, 5.41) is 3.05. The predicted molar refractivity (Wildman–Crippen MR) is 100 cm³/mol. The average Bonchev–Trinajstić information content (AvgIpc) is 2.69. The number of ether oxygens (including phenoxy) is 1. The maximum atomic E-state index is 12.7. The Bertz CT molecular complexity index is 702. The van der Waals surface area contributed by atoms with Crippen LogP contribution in [0, 0.1) is 0 Å². The minimum Gasteiger partial charge on any atom is -0.383 e. The Hall–Kier alpha value is -2.51. The third-order valence-corrected chi connectivity index (χ3v) is 4.37. The molecule has 7 heteroatoms. The molecule has 2 heterocycles. The zero-order valence-electron chi connectivity index (χ0n) is 15.1. The van der Waals surface area contributed by atoms with E-state index in [-0.39, 0.29) is 5.91 Å². The number of aromatic nitrogens is 2. The van der Waals surface area contributed by atoms with Gasteiger partial charge in [0.25, 0.3) is 5.91 Å². The van der Waals surface area contributed by atoms with E-state index < -0.39 is 0 Å². The average molecular weight is 355 g/mol. The summed E-state index contributed by atoms with van der Waals surface area (Å²) in [4.78, 5) is 25.4. The van der Waals surface area contributed by atoms with Crippen LogP contribution in [-0.2, 0) is 11.3 Å². The molecule has 0 saturated carbocycles. The number of anilines is 1. The number of methoxy groups -OCH3 is 1. The van der Waals surface area contributed by atoms with Gasteiger partial charge in [-0.15, -0.1) is 0 Å². The first-order valence-corrected chi connectivity index (χ1v) is 8.87. The first-order chi connectivity index (χ1) is 12.8. The van der Waals surface area contributed by atoms with Gasteiger partial charge in [0, 0.05) is 52.6 Å². The van der Waals surface area contributed by atoms with E-state index in [9.17, 15) is 4.79 Å². The Morgan fingerprint density at radius 1 is 1.15 bits per heavy atom. The third kappa shape index (κ3) is 5.00. The number of nitrogens with one attached hydrogen (secondary N) is 1. The summed E-state index contributed by atoms with van der Waals surface area (Å²) >= 11 is 0. The molecular weight excluding hydrogens is 330 g/mol. The molecule has 3 rings (SSSR count). The molecule has 1 aliphatic rings. The lowest BCUT2D eigenvalue weighted by molar-refractivity contribution is 0.0622. The van der Waals surface area contributed by atoms with E-state index in [1.165, 1.54) is 5.56 Å². The topological polar surface area (TPSA) is 70.6 Å². The van der Waals surface area contributed by atoms with Crippen molar-refractivity contribution in [3.05, 3.63) is 53.9 Å². The van der Waals surface area contributed by atoms with E-state index in [0.717, 1.165) is 19.6 Å². The van der Waals surface area contributed by atoms with Gasteiger partial charge in [0.05, 0.1) is 6.61 Å². The van der Waals surface area contributed by atoms with Gasteiger partial charge in [0.1, 0.15) is 5.69 Å². The predicted octanol–water partition coefficient (Wildman–Crippen LogP) is 1.49. The van der Waals surface area contributed by atoms with Gasteiger partial charge < -0.3 is 15.0 Å². The zero-order valence-corrected chi connectivity index (χ0v) is 15.1. The van der Waals surface area contributed by atoms with Crippen molar-refractivity contribution in [2.45, 2.75) is 6.54 Å². The minimum atomic E-state index is -0.0402. The maximum Gasteiger partial charge on any atom is 0.272 e. The normalized spacial score (nSPS) is 15.0. The quantitative estimate of drug-likeness (QED) is 0.759. The van der Waals surface area contributed by atoms with Gasteiger partial charge in [0.2, 0.25) is 5.95 Å². The summed E-state index contributed by atoms with van der Waals surface area (Å²) in [5.74, 6) is 0.414. The highest BCUT2D eigenvalue weighted by Gasteiger charge is 2.23. The van der Waals surface area contributed by atoms with Gasteiger partial charge in [-0.3, -0.25) is 9.69 Å². The van der Waals surface area contributed by atoms with E-state index >= 15 is 0 Å². The van der Waals surface area contributed by atoms with Gasteiger partial charge in [-0.1, -0.05) is 30.3 Å². The second-order valence-corrected chi connectivity index (χ2v) is 6.24. The second-order valence-electron chi connectivity index (χ2n) is 6.24. The zero-order chi connectivity index (χ0) is 18.2. The summed E-state index contributed by atoms with van der Waals surface area (Å²) in [7, 11) is 1.64. The summed E-state index contributed by atoms with van der Waals surface area (Å²) in [6.07, 6.45) is 1.61. The van der Waals surface area contributed by atoms with Crippen LogP contribution in [-0.4, -0.2) is 72.1 Å². The van der Waals surface area contributed by atoms with Crippen LogP contribution in [0.1, 0.15) is 16.1 Å². The molecule has 2 aromatic rings. The molecule has 7 nitrogen and oxygen atoms in total. The lowest BCUT2D eigenvalue weighted by Crippen LogP contribution is -2.48. The van der Waals surface area contributed by atoms with E-state index in [4.69, 9.17) is 4.74 Å². The van der Waals surface area contributed by atoms with Crippen LogP contribution in [0.25, 0.3) is 0 Å². The fraction of sp³-hybridized carbons (Fsp3) is 0.421. The maximum absolute atomic E-state index is 12.7. The van der Waals surface area contributed by atoms with Crippen molar-refractivity contribution in [1.82, 2.24) is 19.8 Å². The van der Waals surface area contributed by atoms with Crippen molar-refractivity contribution < 1.29 is 9.53 Å². The molecule has 1 aromatic carbocycles. The number of carbonyl (C=O) groups excluding carboxylic acids is 1. The van der Waals surface area contributed by atoms with Crippen molar-refractivity contribution in [2.24, 2.45) is 0 Å². The molecule has 1 aromatic heterocycles. The van der Waals surface area contributed by atoms with Crippen molar-refractivity contribution in [3.63, 3.8) is 0 Å². The van der Waals surface area contributed by atoms with Crippen molar-refractivity contribution in [1.29, 1.82) is 0 Å². The highest BCUT2D eigenvalue weighted by atomic mass is 16.5. The summed E-state index contributed by atoms with van der Waals surface area (Å²) < 4.78 is 4.99. The van der Waals surface area contributed by atoms with Gasteiger partial charge in [-0.25, -0.2) is 9.97 Å². The van der Waals surface area contributed by atoms with Gasteiger partial charge in [-0.2, -0.15) is 0 Å². The third-order valence-electron chi connectivity index (χ3n) is 4.37. The number of carbonyl (C=O) groups is 1. The number of rotatable bonds is 7. The highest BCUT2D eigenvalue weighted by Crippen LogP contribution is 2.11. The number of hydrogen-bond acceptors (Lipinski definition) is 6. The van der Waals surface area contributed by atoms with Crippen LogP contribution in [0.15, 0.2) is 42.6 Å². The SMILES string of the molecule is COCCNc1nccc(C(=O)N2CCN(Cc3ccccc3)CC2)n1. The Balaban J connectivity index is 1.52. The lowest BCUT2D eigenvalue weighted by Gasteiger charge is -2.34. The largest absolute Gasteiger partial charge is 0.383 e. The number of nitrogens with zero attached hydrogens (tertiary/aromatic N) is 4. The highest BCUT2D eigenvalue weighted by molar-refractivity contribution is 5.92. The number of hydrogen-bond donors (Lipinski definition) is 1. The monoisotopic (exact) mass is 355 g/mol. The molecule has 1 fully saturated rings. The minimum absolute atomic E-state index is 0.0402. The van der Waals surface area contributed by atoms with E-state index in [2.05, 4.69) is 44.5 Å². The Morgan fingerprint density at radius 3 is 2.65 bits per heavy atom. The van der Waals surface area contributed by atoms with Crippen molar-refractivity contribution in [3.8, 4) is 0 Å². The first kappa shape index (κ1) is 18.3. The van der Waals surface area contributed by atoms with Gasteiger partial charge in [-0.05, 0) is 11.6 Å². The number of piperazine rings is 1. The van der Waals surface area contributed by atoms with E-state index in [1.807, 2.05) is 11.0 Å². The summed E-state index contributed by atoms with van der Waals surface area (Å²) in [6.45, 7) is 5.24. The molecule has 0 radical (unpaired) electrons. The number of amides is 1. The van der Waals surface area contributed by atoms with Crippen LogP contribution in [0.5, 0.6) is 0 Å². The molecule has 0 bridgehead atoms. The molecule has 1 aliphatic heterocycles. The molecule has 26 heavy (non-hydrogen) atoms. The molecule has 0 spiro atoms.